The van der Waals surface area contributed by atoms with E-state index in [0.29, 0.717) is 0 Å². The molecule has 1 aromatic carbocycles. The van der Waals surface area contributed by atoms with Gasteiger partial charge in [-0.1, -0.05) is 87.9 Å². The van der Waals surface area contributed by atoms with Gasteiger partial charge in [0.05, 0.1) is 8.07 Å². The average Bonchev–Trinajstić information content (AvgIpc) is 2.42. The molecule has 0 radical (unpaired) electrons. The number of halogens is 3. The van der Waals surface area contributed by atoms with Gasteiger partial charge in [-0.2, -0.15) is 21.6 Å². The van der Waals surface area contributed by atoms with Crippen molar-refractivity contribution in [2.24, 2.45) is 0 Å². The molecule has 0 bridgehead atoms. The second kappa shape index (κ2) is 7.73. The summed E-state index contributed by atoms with van der Waals surface area (Å²) in [5, 5.41) is 1.14. The molecule has 0 saturated heterocycles. The van der Waals surface area contributed by atoms with E-state index in [2.05, 4.69) is 52.4 Å². The second-order valence-electron chi connectivity index (χ2n) is 10.7. The summed E-state index contributed by atoms with van der Waals surface area (Å²) < 4.78 is 69.1. The lowest BCUT2D eigenvalue weighted by Crippen LogP contribution is -2.80. The van der Waals surface area contributed by atoms with Crippen LogP contribution in [0.3, 0.4) is 0 Å². The van der Waals surface area contributed by atoms with Crippen molar-refractivity contribution in [1.29, 1.82) is 0 Å². The maximum atomic E-state index is 13.3. The molecule has 0 aliphatic carbocycles. The molecule has 0 spiro atoms. The minimum Gasteiger partial charge on any atom is -0.309 e. The minimum atomic E-state index is -5.67. The summed E-state index contributed by atoms with van der Waals surface area (Å²) >= 11 is 0. The quantitative estimate of drug-likeness (QED) is 0.356. The fraction of sp³-hybridized carbons (Fsp3) is 0.667. The van der Waals surface area contributed by atoms with E-state index in [9.17, 15) is 21.6 Å². The average molecular weight is 501 g/mol. The van der Waals surface area contributed by atoms with Gasteiger partial charge < -0.3 is 3.87 Å². The minimum absolute atomic E-state index is 0.500. The molecule has 0 saturated carbocycles. The van der Waals surface area contributed by atoms with Crippen molar-refractivity contribution in [1.82, 2.24) is 0 Å². The Bertz CT molecular complexity index is 811. The Kier molecular flexibility index (Phi) is 7.15. The Morgan fingerprint density at radius 1 is 0.759 bits per heavy atom. The van der Waals surface area contributed by atoms with E-state index in [4.69, 9.17) is 3.87 Å². The van der Waals surface area contributed by atoms with Crippen LogP contribution in [0.4, 0.5) is 13.2 Å². The lowest BCUT2D eigenvalue weighted by atomic mass is 10.4. The predicted molar refractivity (Wildman–Crippen MR) is 126 cm³/mol. The molecule has 1 aromatic rings. The van der Waals surface area contributed by atoms with E-state index in [-0.39, 0.29) is 0 Å². The van der Waals surface area contributed by atoms with E-state index in [1.54, 1.807) is 13.1 Å². The molecule has 0 aromatic heterocycles. The van der Waals surface area contributed by atoms with Crippen LogP contribution in [0.2, 0.25) is 69.4 Å². The smallest absolute Gasteiger partial charge is 0.309 e. The van der Waals surface area contributed by atoms with Crippen molar-refractivity contribution in [2.75, 3.05) is 0 Å². The molecular formula is C18H35F3O3SSi4. The summed E-state index contributed by atoms with van der Waals surface area (Å²) in [5.74, 6) is 0. The van der Waals surface area contributed by atoms with Crippen molar-refractivity contribution in [3.8, 4) is 0 Å². The molecule has 0 amide bonds. The van der Waals surface area contributed by atoms with E-state index in [0.717, 1.165) is 5.19 Å². The van der Waals surface area contributed by atoms with Gasteiger partial charge >= 0.3 is 15.6 Å². The lowest BCUT2D eigenvalue weighted by Gasteiger charge is -2.65. The summed E-state index contributed by atoms with van der Waals surface area (Å²) in [6.45, 7) is 20.8. The summed E-state index contributed by atoms with van der Waals surface area (Å²) in [7, 11) is -16.1. The Morgan fingerprint density at radius 2 is 1.14 bits per heavy atom. The molecule has 29 heavy (non-hydrogen) atoms. The maximum absolute atomic E-state index is 13.3. The standard InChI is InChI=1S/C18H35F3O3SSi4/c1-26(2,3)18(27(4,5)6,28(7,8)16-14-12-11-13-15-16)29(9,10)24-25(22,23)17(19,20)21/h11-15H,1-10H3. The molecule has 0 heterocycles. The molecule has 11 heteroatoms. The Balaban J connectivity index is 4.02. The number of benzene rings is 1. The van der Waals surface area contributed by atoms with Gasteiger partial charge in [-0.3, -0.25) is 0 Å². The van der Waals surface area contributed by atoms with Gasteiger partial charge in [-0.25, -0.2) is 0 Å². The van der Waals surface area contributed by atoms with Gasteiger partial charge in [0.25, 0.3) is 0 Å². The molecule has 0 unspecified atom stereocenters. The number of rotatable bonds is 7. The second-order valence-corrected chi connectivity index (χ2v) is 34.6. The number of alkyl halides is 3. The van der Waals surface area contributed by atoms with Crippen LogP contribution in [-0.2, 0) is 14.0 Å². The van der Waals surface area contributed by atoms with Crippen molar-refractivity contribution in [3.63, 3.8) is 0 Å². The van der Waals surface area contributed by atoms with Crippen molar-refractivity contribution < 1.29 is 25.5 Å². The van der Waals surface area contributed by atoms with Crippen LogP contribution in [0.1, 0.15) is 0 Å². The zero-order chi connectivity index (χ0) is 23.3. The van der Waals surface area contributed by atoms with Crippen LogP contribution in [0.5, 0.6) is 0 Å². The van der Waals surface area contributed by atoms with Gasteiger partial charge in [0, 0.05) is 16.1 Å². The molecule has 0 aliphatic heterocycles. The lowest BCUT2D eigenvalue weighted by molar-refractivity contribution is -0.0504. The largest absolute Gasteiger partial charge is 0.522 e. The maximum Gasteiger partial charge on any atom is 0.522 e. The molecule has 0 N–H and O–H groups in total. The van der Waals surface area contributed by atoms with Crippen LogP contribution < -0.4 is 5.19 Å². The summed E-state index contributed by atoms with van der Waals surface area (Å²) in [6, 6.07) is 9.91. The SMILES string of the molecule is C[Si](C)(C)C([Si](C)(C)C)([Si](C)(C)OS(=O)(=O)C(F)(F)F)[Si](C)(C)c1ccccc1. The fourth-order valence-electron chi connectivity index (χ4n) is 7.01. The number of hydrogen-bond donors (Lipinski definition) is 0. The number of hydrogen-bond acceptors (Lipinski definition) is 3. The molecular weight excluding hydrogens is 466 g/mol. The van der Waals surface area contributed by atoms with Crippen LogP contribution in [0.25, 0.3) is 0 Å². The summed E-state index contributed by atoms with van der Waals surface area (Å²) in [5.41, 5.74) is -5.42. The highest BCUT2D eigenvalue weighted by atomic mass is 32.2. The first-order chi connectivity index (χ1) is 12.6. The third kappa shape index (κ3) is 4.40. The van der Waals surface area contributed by atoms with Gasteiger partial charge in [0.1, 0.15) is 0 Å². The highest BCUT2D eigenvalue weighted by molar-refractivity contribution is 7.88. The van der Waals surface area contributed by atoms with Gasteiger partial charge in [0.15, 0.2) is 0 Å². The zero-order valence-electron chi connectivity index (χ0n) is 19.2. The Hall–Kier alpha value is -0.212. The molecule has 0 fully saturated rings. The fourth-order valence-corrected chi connectivity index (χ4v) is 58.4. The van der Waals surface area contributed by atoms with Crippen LogP contribution in [0.15, 0.2) is 30.3 Å². The van der Waals surface area contributed by atoms with Crippen molar-refractivity contribution in [3.05, 3.63) is 30.3 Å². The van der Waals surface area contributed by atoms with Crippen molar-refractivity contribution in [2.45, 2.75) is 74.9 Å². The van der Waals surface area contributed by atoms with E-state index in [1.165, 1.54) is 0 Å². The van der Waals surface area contributed by atoms with Gasteiger partial charge in [0.2, 0.25) is 8.32 Å². The highest BCUT2D eigenvalue weighted by Crippen LogP contribution is 2.60. The first-order valence-electron chi connectivity index (χ1n) is 9.64. The van der Waals surface area contributed by atoms with E-state index < -0.39 is 52.1 Å². The van der Waals surface area contributed by atoms with Gasteiger partial charge in [-0.05, 0) is 17.0 Å². The normalized spacial score (nSPS) is 15.5. The molecule has 168 valence electrons. The van der Waals surface area contributed by atoms with Crippen LogP contribution >= 0.6 is 0 Å². The topological polar surface area (TPSA) is 43.4 Å². The molecule has 1 rings (SSSR count). The third-order valence-electron chi connectivity index (χ3n) is 6.19. The first-order valence-corrected chi connectivity index (χ1v) is 24.0. The summed E-state index contributed by atoms with van der Waals surface area (Å²) in [6.07, 6.45) is 0. The molecule has 0 aliphatic rings. The Labute approximate surface area is 178 Å². The summed E-state index contributed by atoms with van der Waals surface area (Å²) in [4.78, 5) is 0. The monoisotopic (exact) mass is 500 g/mol. The van der Waals surface area contributed by atoms with Crippen LogP contribution in [-0.4, -0.2) is 46.5 Å². The first kappa shape index (κ1) is 26.8. The predicted octanol–water partition coefficient (Wildman–Crippen LogP) is 5.71. The van der Waals surface area contributed by atoms with E-state index in [1.807, 2.05) is 30.3 Å². The van der Waals surface area contributed by atoms with Crippen LogP contribution in [0, 0.1) is 0 Å². The zero-order valence-corrected chi connectivity index (χ0v) is 24.0. The Morgan fingerprint density at radius 3 is 1.45 bits per heavy atom. The molecule has 0 atom stereocenters. The third-order valence-corrected chi connectivity index (χ3v) is 43.8. The van der Waals surface area contributed by atoms with E-state index >= 15 is 0 Å². The van der Waals surface area contributed by atoms with Crippen molar-refractivity contribution >= 4 is 47.8 Å². The molecule has 3 nitrogen and oxygen atoms in total. The highest BCUT2D eigenvalue weighted by Gasteiger charge is 2.72. The van der Waals surface area contributed by atoms with Gasteiger partial charge in [-0.15, -0.1) is 0 Å².